The van der Waals surface area contributed by atoms with Crippen molar-refractivity contribution < 1.29 is 43.5 Å². The van der Waals surface area contributed by atoms with E-state index in [2.05, 4.69) is 31.9 Å². The van der Waals surface area contributed by atoms with Crippen LogP contribution in [0.4, 0.5) is 0 Å². The van der Waals surface area contributed by atoms with Crippen molar-refractivity contribution in [1.29, 1.82) is 0 Å². The van der Waals surface area contributed by atoms with Gasteiger partial charge in [-0.25, -0.2) is 0 Å². The first kappa shape index (κ1) is 39.7. The number of amides is 7. The van der Waals surface area contributed by atoms with Crippen molar-refractivity contribution in [3.8, 4) is 0 Å². The zero-order valence-corrected chi connectivity index (χ0v) is 27.4. The molecule has 4 atom stereocenters. The third-order valence-electron chi connectivity index (χ3n) is 7.16. The van der Waals surface area contributed by atoms with E-state index < -0.39 is 97.0 Å². The number of nitrogens with two attached hydrogens (primary N) is 1. The monoisotopic (exact) mass is 654 g/mol. The van der Waals surface area contributed by atoms with Gasteiger partial charge in [0.25, 0.3) is 0 Å². The van der Waals surface area contributed by atoms with E-state index in [1.54, 1.807) is 27.7 Å². The van der Waals surface area contributed by atoms with E-state index in [1.807, 2.05) is 13.8 Å². The maximum Gasteiger partial charge on any atom is 0.322 e. The summed E-state index contributed by atoms with van der Waals surface area (Å²) < 4.78 is 0. The standard InChI is InChI=1S/C29H50N8O9/c1-15(2)10-18(34-28(45)25(17(5)6)35-20(38)11-30)29(46)37-9-7-8-19(37)26(43)32-13-22(40)36-24(16(3)4)27(44)33-12-21(39)31-14-23(41)42/h15-19,24-25H,7-14,30H2,1-6H3,(H,31,39)(H,32,43)(H,33,44)(H,34,45)(H,35,38)(H,36,40)(H,41,42)/t18-,19-,24-,25-/m0/s1. The second-order valence-electron chi connectivity index (χ2n) is 12.3. The molecule has 0 aromatic heterocycles. The van der Waals surface area contributed by atoms with Crippen LogP contribution >= 0.6 is 0 Å². The SMILES string of the molecule is CC(C)C[C@H](NC(=O)[C@@H](NC(=O)CN)C(C)C)C(=O)N1CCC[C@H]1C(=O)NCC(=O)N[C@H](C(=O)NCC(=O)NCC(=O)O)C(C)C. The Kier molecular flexibility index (Phi) is 16.7. The van der Waals surface area contributed by atoms with Gasteiger partial charge in [0.15, 0.2) is 0 Å². The summed E-state index contributed by atoms with van der Waals surface area (Å²) in [4.78, 5) is 101. The molecule has 1 rings (SSSR count). The molecule has 1 heterocycles. The van der Waals surface area contributed by atoms with Gasteiger partial charge in [-0.1, -0.05) is 41.5 Å². The fourth-order valence-electron chi connectivity index (χ4n) is 4.78. The van der Waals surface area contributed by atoms with Crippen LogP contribution < -0.4 is 37.6 Å². The van der Waals surface area contributed by atoms with Gasteiger partial charge in [-0.05, 0) is 37.0 Å². The van der Waals surface area contributed by atoms with Crippen molar-refractivity contribution in [2.24, 2.45) is 23.5 Å². The van der Waals surface area contributed by atoms with E-state index in [0.29, 0.717) is 12.8 Å². The largest absolute Gasteiger partial charge is 0.480 e. The minimum atomic E-state index is -1.24. The predicted octanol–water partition coefficient (Wildman–Crippen LogP) is -2.82. The number of carboxylic acids is 1. The van der Waals surface area contributed by atoms with E-state index >= 15 is 0 Å². The number of hydrogen-bond acceptors (Lipinski definition) is 9. The first-order chi connectivity index (χ1) is 21.5. The van der Waals surface area contributed by atoms with Crippen LogP contribution in [0.5, 0.6) is 0 Å². The molecular weight excluding hydrogens is 604 g/mol. The molecule has 0 aromatic rings. The third kappa shape index (κ3) is 13.4. The lowest BCUT2D eigenvalue weighted by molar-refractivity contribution is -0.142. The Bertz CT molecular complexity index is 1130. The fourth-order valence-corrected chi connectivity index (χ4v) is 4.78. The molecule has 17 heteroatoms. The number of carboxylic acid groups (broad SMARTS) is 1. The zero-order valence-electron chi connectivity index (χ0n) is 27.4. The fraction of sp³-hybridized carbons (Fsp3) is 0.724. The lowest BCUT2D eigenvalue weighted by Crippen LogP contribution is -2.58. The second kappa shape index (κ2) is 19.3. The van der Waals surface area contributed by atoms with Crippen molar-refractivity contribution in [2.75, 3.05) is 32.7 Å². The number of nitrogens with zero attached hydrogens (tertiary/aromatic N) is 1. The maximum atomic E-state index is 13.7. The van der Waals surface area contributed by atoms with Gasteiger partial charge in [0.2, 0.25) is 41.4 Å². The Balaban J connectivity index is 2.85. The van der Waals surface area contributed by atoms with E-state index in [9.17, 15) is 38.4 Å². The van der Waals surface area contributed by atoms with E-state index in [1.165, 1.54) is 4.90 Å². The molecule has 1 saturated heterocycles. The highest BCUT2D eigenvalue weighted by Crippen LogP contribution is 2.21. The molecule has 1 aliphatic rings. The molecule has 17 nitrogen and oxygen atoms in total. The van der Waals surface area contributed by atoms with Gasteiger partial charge in [0, 0.05) is 6.54 Å². The van der Waals surface area contributed by atoms with Crippen molar-refractivity contribution >= 4 is 47.3 Å². The molecular formula is C29H50N8O9. The smallest absolute Gasteiger partial charge is 0.322 e. The zero-order chi connectivity index (χ0) is 35.1. The highest BCUT2D eigenvalue weighted by molar-refractivity contribution is 5.96. The number of carbonyl (C=O) groups excluding carboxylic acids is 7. The number of nitrogens with one attached hydrogen (secondary N) is 6. The summed E-state index contributed by atoms with van der Waals surface area (Å²) in [5.41, 5.74) is 5.38. The summed E-state index contributed by atoms with van der Waals surface area (Å²) in [6.07, 6.45) is 1.15. The summed E-state index contributed by atoms with van der Waals surface area (Å²) >= 11 is 0. The summed E-state index contributed by atoms with van der Waals surface area (Å²) in [5, 5.41) is 23.4. The molecule has 260 valence electrons. The third-order valence-corrected chi connectivity index (χ3v) is 7.16. The van der Waals surface area contributed by atoms with Gasteiger partial charge in [-0.2, -0.15) is 0 Å². The molecule has 0 spiro atoms. The second-order valence-corrected chi connectivity index (χ2v) is 12.3. The number of rotatable bonds is 18. The minimum absolute atomic E-state index is 0.00851. The summed E-state index contributed by atoms with van der Waals surface area (Å²) in [7, 11) is 0. The Morgan fingerprint density at radius 1 is 0.739 bits per heavy atom. The molecule has 0 aliphatic carbocycles. The summed E-state index contributed by atoms with van der Waals surface area (Å²) in [5.74, 6) is -6.08. The molecule has 0 radical (unpaired) electrons. The van der Waals surface area contributed by atoms with Gasteiger partial charge < -0.3 is 47.6 Å². The van der Waals surface area contributed by atoms with Crippen molar-refractivity contribution in [3.05, 3.63) is 0 Å². The van der Waals surface area contributed by atoms with Gasteiger partial charge in [0.05, 0.1) is 19.6 Å². The minimum Gasteiger partial charge on any atom is -0.480 e. The number of aliphatic carboxylic acids is 1. The van der Waals surface area contributed by atoms with Crippen LogP contribution in [-0.2, 0) is 38.4 Å². The Morgan fingerprint density at radius 2 is 1.30 bits per heavy atom. The normalized spacial score (nSPS) is 16.3. The number of hydrogen-bond donors (Lipinski definition) is 8. The van der Waals surface area contributed by atoms with Crippen LogP contribution in [-0.4, -0.2) is 114 Å². The predicted molar refractivity (Wildman–Crippen MR) is 165 cm³/mol. The lowest BCUT2D eigenvalue weighted by Gasteiger charge is -2.31. The van der Waals surface area contributed by atoms with Crippen LogP contribution in [0, 0.1) is 17.8 Å². The molecule has 1 aliphatic heterocycles. The van der Waals surface area contributed by atoms with Crippen LogP contribution in [0.25, 0.3) is 0 Å². The Hall–Kier alpha value is -4.28. The Labute approximate surface area is 268 Å². The molecule has 0 aromatic carbocycles. The van der Waals surface area contributed by atoms with Gasteiger partial charge >= 0.3 is 5.97 Å². The molecule has 46 heavy (non-hydrogen) atoms. The molecule has 0 bridgehead atoms. The molecule has 0 unspecified atom stereocenters. The van der Waals surface area contributed by atoms with Crippen LogP contribution in [0.3, 0.4) is 0 Å². The van der Waals surface area contributed by atoms with E-state index in [-0.39, 0.29) is 31.3 Å². The van der Waals surface area contributed by atoms with Crippen LogP contribution in [0.2, 0.25) is 0 Å². The maximum absolute atomic E-state index is 13.7. The molecule has 7 amide bonds. The Morgan fingerprint density at radius 3 is 1.85 bits per heavy atom. The van der Waals surface area contributed by atoms with Crippen molar-refractivity contribution in [3.63, 3.8) is 0 Å². The first-order valence-corrected chi connectivity index (χ1v) is 15.4. The highest BCUT2D eigenvalue weighted by atomic mass is 16.4. The van der Waals surface area contributed by atoms with Gasteiger partial charge in [-0.3, -0.25) is 38.4 Å². The van der Waals surface area contributed by atoms with Gasteiger partial charge in [0.1, 0.15) is 30.7 Å². The lowest BCUT2D eigenvalue weighted by atomic mass is 9.99. The van der Waals surface area contributed by atoms with Crippen molar-refractivity contribution in [1.82, 2.24) is 36.8 Å². The number of likely N-dealkylation sites (tertiary alicyclic amines) is 1. The van der Waals surface area contributed by atoms with E-state index in [4.69, 9.17) is 10.8 Å². The molecule has 0 saturated carbocycles. The van der Waals surface area contributed by atoms with Crippen LogP contribution in [0.1, 0.15) is 60.8 Å². The quantitative estimate of drug-likeness (QED) is 0.0752. The van der Waals surface area contributed by atoms with Crippen molar-refractivity contribution in [2.45, 2.75) is 85.0 Å². The topological polar surface area (TPSA) is 258 Å². The first-order valence-electron chi connectivity index (χ1n) is 15.4. The average molecular weight is 655 g/mol. The summed E-state index contributed by atoms with van der Waals surface area (Å²) in [6, 6.07) is -3.82. The highest BCUT2D eigenvalue weighted by Gasteiger charge is 2.39. The number of carbonyl (C=O) groups is 8. The summed E-state index contributed by atoms with van der Waals surface area (Å²) in [6.45, 7) is 8.96. The molecule has 9 N–H and O–H groups in total. The average Bonchev–Trinajstić information content (AvgIpc) is 3.47. The van der Waals surface area contributed by atoms with Crippen LogP contribution in [0.15, 0.2) is 0 Å². The van der Waals surface area contributed by atoms with Gasteiger partial charge in [-0.15, -0.1) is 0 Å². The van der Waals surface area contributed by atoms with E-state index in [0.717, 1.165) is 0 Å². The molecule has 1 fully saturated rings.